The van der Waals surface area contributed by atoms with E-state index in [1.54, 1.807) is 0 Å². The summed E-state index contributed by atoms with van der Waals surface area (Å²) in [4.78, 5) is 0. The molecule has 7 nitrogen and oxygen atoms in total. The Morgan fingerprint density at radius 2 is 1.24 bits per heavy atom. The molecule has 0 saturated carbocycles. The lowest BCUT2D eigenvalue weighted by Crippen LogP contribution is -2.24. The van der Waals surface area contributed by atoms with Crippen molar-refractivity contribution in [3.8, 4) is 12.3 Å². The van der Waals surface area contributed by atoms with Crippen LogP contribution >= 0.6 is 0 Å². The SMILES string of the molecule is C#CCOCCOCCOCCOCCOCCOC1CCCCO1. The Labute approximate surface area is 151 Å². The molecule has 0 aliphatic carbocycles. The molecule has 0 amide bonds. The van der Waals surface area contributed by atoms with Crippen molar-refractivity contribution >= 4 is 0 Å². The number of hydrogen-bond acceptors (Lipinski definition) is 7. The summed E-state index contributed by atoms with van der Waals surface area (Å²) >= 11 is 0. The van der Waals surface area contributed by atoms with Gasteiger partial charge >= 0.3 is 0 Å². The molecule has 7 heteroatoms. The number of terminal acetylenes is 1. The third kappa shape index (κ3) is 15.3. The van der Waals surface area contributed by atoms with E-state index in [1.165, 1.54) is 6.42 Å². The molecule has 1 aliphatic heterocycles. The third-order valence-corrected chi connectivity index (χ3v) is 3.34. The highest BCUT2D eigenvalue weighted by atomic mass is 16.7. The van der Waals surface area contributed by atoms with Crippen molar-refractivity contribution in [3.05, 3.63) is 0 Å². The van der Waals surface area contributed by atoms with Crippen LogP contribution < -0.4 is 0 Å². The maximum atomic E-state index is 5.57. The van der Waals surface area contributed by atoms with Gasteiger partial charge in [-0.1, -0.05) is 5.92 Å². The van der Waals surface area contributed by atoms with Gasteiger partial charge < -0.3 is 33.2 Å². The third-order valence-electron chi connectivity index (χ3n) is 3.34. The molecule has 1 heterocycles. The largest absolute Gasteiger partial charge is 0.377 e. The summed E-state index contributed by atoms with van der Waals surface area (Å²) in [7, 11) is 0. The highest BCUT2D eigenvalue weighted by Gasteiger charge is 2.13. The van der Waals surface area contributed by atoms with Crippen LogP contribution in [0.15, 0.2) is 0 Å². The van der Waals surface area contributed by atoms with Gasteiger partial charge in [0.25, 0.3) is 0 Å². The van der Waals surface area contributed by atoms with Crippen molar-refractivity contribution in [1.29, 1.82) is 0 Å². The summed E-state index contributed by atoms with van der Waals surface area (Å²) in [5, 5.41) is 0. The number of ether oxygens (including phenoxy) is 7. The van der Waals surface area contributed by atoms with Crippen molar-refractivity contribution in [2.45, 2.75) is 25.6 Å². The minimum Gasteiger partial charge on any atom is -0.377 e. The second-order valence-electron chi connectivity index (χ2n) is 5.37. The van der Waals surface area contributed by atoms with Gasteiger partial charge in [0.1, 0.15) is 6.61 Å². The molecular formula is C18H32O7. The van der Waals surface area contributed by atoms with Crippen LogP contribution in [0.1, 0.15) is 19.3 Å². The summed E-state index contributed by atoms with van der Waals surface area (Å²) in [6.45, 7) is 6.52. The molecule has 0 aromatic rings. The highest BCUT2D eigenvalue weighted by molar-refractivity contribution is 4.82. The first-order valence-corrected chi connectivity index (χ1v) is 8.99. The van der Waals surface area contributed by atoms with Crippen LogP contribution in [0, 0.1) is 12.3 Å². The van der Waals surface area contributed by atoms with Crippen molar-refractivity contribution in [2.75, 3.05) is 79.3 Å². The molecule has 1 saturated heterocycles. The van der Waals surface area contributed by atoms with Crippen LogP contribution in [0.2, 0.25) is 0 Å². The lowest BCUT2D eigenvalue weighted by atomic mass is 10.2. The molecule has 0 spiro atoms. The molecule has 1 atom stereocenters. The maximum absolute atomic E-state index is 5.57. The summed E-state index contributed by atoms with van der Waals surface area (Å²) in [5.74, 6) is 2.39. The topological polar surface area (TPSA) is 64.6 Å². The average molecular weight is 360 g/mol. The van der Waals surface area contributed by atoms with E-state index in [4.69, 9.17) is 39.6 Å². The van der Waals surface area contributed by atoms with Gasteiger partial charge in [0, 0.05) is 6.61 Å². The van der Waals surface area contributed by atoms with E-state index < -0.39 is 0 Å². The first-order chi connectivity index (χ1) is 12.4. The Kier molecular flexibility index (Phi) is 16.1. The number of hydrogen-bond donors (Lipinski definition) is 0. The predicted molar refractivity (Wildman–Crippen MR) is 92.5 cm³/mol. The zero-order chi connectivity index (χ0) is 17.8. The lowest BCUT2D eigenvalue weighted by Gasteiger charge is -2.22. The first kappa shape index (κ1) is 22.3. The van der Waals surface area contributed by atoms with E-state index in [9.17, 15) is 0 Å². The Morgan fingerprint density at radius 1 is 0.720 bits per heavy atom. The smallest absolute Gasteiger partial charge is 0.157 e. The normalized spacial score (nSPS) is 17.5. The molecule has 1 aliphatic rings. The van der Waals surface area contributed by atoms with E-state index in [0.717, 1.165) is 19.4 Å². The lowest BCUT2D eigenvalue weighted by molar-refractivity contribution is -0.169. The second kappa shape index (κ2) is 18.1. The monoisotopic (exact) mass is 360 g/mol. The van der Waals surface area contributed by atoms with Crippen molar-refractivity contribution in [3.63, 3.8) is 0 Å². The van der Waals surface area contributed by atoms with Gasteiger partial charge in [-0.15, -0.1) is 6.42 Å². The van der Waals surface area contributed by atoms with E-state index in [-0.39, 0.29) is 6.29 Å². The average Bonchev–Trinajstić information content (AvgIpc) is 2.65. The van der Waals surface area contributed by atoms with Gasteiger partial charge in [0.15, 0.2) is 6.29 Å². The molecule has 1 fully saturated rings. The molecule has 1 rings (SSSR count). The Hall–Kier alpha value is -0.720. The first-order valence-electron chi connectivity index (χ1n) is 8.99. The fraction of sp³-hybridized carbons (Fsp3) is 0.889. The Bertz CT molecular complexity index is 313. The highest BCUT2D eigenvalue weighted by Crippen LogP contribution is 2.13. The van der Waals surface area contributed by atoms with Gasteiger partial charge in [-0.2, -0.15) is 0 Å². The molecule has 0 radical (unpaired) electrons. The van der Waals surface area contributed by atoms with E-state index in [0.29, 0.717) is 72.7 Å². The van der Waals surface area contributed by atoms with Crippen molar-refractivity contribution in [2.24, 2.45) is 0 Å². The van der Waals surface area contributed by atoms with E-state index >= 15 is 0 Å². The summed E-state index contributed by atoms with van der Waals surface area (Å²) < 4.78 is 37.6. The molecule has 25 heavy (non-hydrogen) atoms. The zero-order valence-electron chi connectivity index (χ0n) is 15.1. The van der Waals surface area contributed by atoms with Crippen LogP contribution in [0.25, 0.3) is 0 Å². The van der Waals surface area contributed by atoms with Crippen LogP contribution in [0.5, 0.6) is 0 Å². The van der Waals surface area contributed by atoms with Crippen LogP contribution in [0.4, 0.5) is 0 Å². The van der Waals surface area contributed by atoms with Crippen LogP contribution in [0.3, 0.4) is 0 Å². The summed E-state index contributed by atoms with van der Waals surface area (Å²) in [6, 6.07) is 0. The van der Waals surface area contributed by atoms with Gasteiger partial charge in [0.05, 0.1) is 66.1 Å². The Balaban J connectivity index is 1.66. The van der Waals surface area contributed by atoms with Crippen molar-refractivity contribution in [1.82, 2.24) is 0 Å². The minimum atomic E-state index is -0.0507. The Morgan fingerprint density at radius 3 is 1.72 bits per heavy atom. The van der Waals surface area contributed by atoms with Crippen LogP contribution in [-0.2, 0) is 33.2 Å². The molecular weight excluding hydrogens is 328 g/mol. The molecule has 0 bridgehead atoms. The van der Waals surface area contributed by atoms with E-state index in [2.05, 4.69) is 5.92 Å². The molecule has 0 aromatic heterocycles. The van der Waals surface area contributed by atoms with Gasteiger partial charge in [0.2, 0.25) is 0 Å². The molecule has 1 unspecified atom stereocenters. The summed E-state index contributed by atoms with van der Waals surface area (Å²) in [5.41, 5.74) is 0. The number of rotatable bonds is 17. The van der Waals surface area contributed by atoms with Crippen LogP contribution in [-0.4, -0.2) is 85.6 Å². The zero-order valence-corrected chi connectivity index (χ0v) is 15.1. The predicted octanol–water partition coefficient (Wildman–Crippen LogP) is 1.25. The van der Waals surface area contributed by atoms with Gasteiger partial charge in [-0.25, -0.2) is 0 Å². The molecule has 0 aromatic carbocycles. The molecule has 146 valence electrons. The standard InChI is InChI=1S/C18H32O7/c1-2-6-19-8-9-20-10-11-21-12-13-22-14-15-23-16-17-25-18-5-3-4-7-24-18/h1,18H,3-17H2. The summed E-state index contributed by atoms with van der Waals surface area (Å²) in [6.07, 6.45) is 8.29. The van der Waals surface area contributed by atoms with Gasteiger partial charge in [-0.05, 0) is 19.3 Å². The maximum Gasteiger partial charge on any atom is 0.157 e. The quantitative estimate of drug-likeness (QED) is 0.286. The second-order valence-corrected chi connectivity index (χ2v) is 5.37. The van der Waals surface area contributed by atoms with Crippen molar-refractivity contribution < 1.29 is 33.2 Å². The fourth-order valence-corrected chi connectivity index (χ4v) is 2.09. The minimum absolute atomic E-state index is 0.0507. The van der Waals surface area contributed by atoms with E-state index in [1.807, 2.05) is 0 Å². The fourth-order valence-electron chi connectivity index (χ4n) is 2.09. The molecule has 0 N–H and O–H groups in total. The van der Waals surface area contributed by atoms with Gasteiger partial charge in [-0.3, -0.25) is 0 Å².